The fourth-order valence-corrected chi connectivity index (χ4v) is 3.82. The molecule has 32 heavy (non-hydrogen) atoms. The lowest BCUT2D eigenvalue weighted by molar-refractivity contribution is 0.398. The lowest BCUT2D eigenvalue weighted by Crippen LogP contribution is -2.18. The minimum Gasteiger partial charge on any atom is -0.399 e. The highest BCUT2D eigenvalue weighted by atomic mass is 14.9. The summed E-state index contributed by atoms with van der Waals surface area (Å²) in [6.07, 6.45) is 11.8. The minimum atomic E-state index is 0.0870. The first kappa shape index (κ1) is 25.5. The molecule has 1 aromatic carbocycles. The molecule has 0 saturated heterocycles. The monoisotopic (exact) mass is 431 g/mol. The summed E-state index contributed by atoms with van der Waals surface area (Å²) in [6, 6.07) is 8.26. The van der Waals surface area contributed by atoms with Crippen LogP contribution in [0.5, 0.6) is 0 Å². The lowest BCUT2D eigenvalue weighted by atomic mass is 9.91. The molecule has 1 aromatic rings. The summed E-state index contributed by atoms with van der Waals surface area (Å²) in [7, 11) is 0. The molecule has 1 heterocycles. The van der Waals surface area contributed by atoms with Crippen LogP contribution in [0.25, 0.3) is 11.3 Å². The van der Waals surface area contributed by atoms with Crippen molar-refractivity contribution >= 4 is 17.5 Å². The zero-order valence-electron chi connectivity index (χ0n) is 20.5. The highest BCUT2D eigenvalue weighted by Crippen LogP contribution is 2.27. The molecule has 1 unspecified atom stereocenters. The maximum atomic E-state index is 5.77. The zero-order chi connectivity index (χ0) is 23.7. The molecule has 0 spiro atoms. The van der Waals surface area contributed by atoms with Gasteiger partial charge < -0.3 is 11.1 Å². The molecule has 3 heteroatoms. The Balaban J connectivity index is 1.73. The number of rotatable bonds is 12. The van der Waals surface area contributed by atoms with Crippen molar-refractivity contribution in [2.75, 3.05) is 6.54 Å². The molecule has 3 nitrogen and oxygen atoms in total. The molecular weight excluding hydrogens is 390 g/mol. The zero-order valence-corrected chi connectivity index (χ0v) is 20.5. The van der Waals surface area contributed by atoms with Gasteiger partial charge in [0.15, 0.2) is 0 Å². The van der Waals surface area contributed by atoms with Crippen LogP contribution in [0.3, 0.4) is 0 Å². The largest absolute Gasteiger partial charge is 0.399 e. The predicted octanol–water partition coefficient (Wildman–Crippen LogP) is 7.05. The van der Waals surface area contributed by atoms with Crippen molar-refractivity contribution in [1.29, 1.82) is 0 Å². The summed E-state index contributed by atoms with van der Waals surface area (Å²) in [4.78, 5) is 4.68. The minimum absolute atomic E-state index is 0.0870. The number of nitrogens with two attached hydrogens (primary N) is 1. The second-order valence-electron chi connectivity index (χ2n) is 10.0. The molecule has 0 aromatic heterocycles. The average molecular weight is 432 g/mol. The molecule has 1 atom stereocenters. The van der Waals surface area contributed by atoms with E-state index in [9.17, 15) is 0 Å². The summed E-state index contributed by atoms with van der Waals surface area (Å²) in [6.45, 7) is 22.0. The second-order valence-corrected chi connectivity index (χ2v) is 10.0. The Morgan fingerprint density at radius 2 is 1.78 bits per heavy atom. The topological polar surface area (TPSA) is 50.4 Å². The number of benzene rings is 1. The molecule has 0 fully saturated rings. The van der Waals surface area contributed by atoms with Gasteiger partial charge in [-0.15, -0.1) is 0 Å². The molecule has 1 aliphatic heterocycles. The third-order valence-electron chi connectivity index (χ3n) is 5.61. The molecule has 2 rings (SSSR count). The number of nitrogens with zero attached hydrogens (tertiary/aromatic N) is 1. The molecule has 1 aliphatic rings. The fourth-order valence-electron chi connectivity index (χ4n) is 3.82. The van der Waals surface area contributed by atoms with E-state index >= 15 is 0 Å². The van der Waals surface area contributed by atoms with E-state index < -0.39 is 0 Å². The van der Waals surface area contributed by atoms with E-state index in [0.717, 1.165) is 54.6 Å². The summed E-state index contributed by atoms with van der Waals surface area (Å²) < 4.78 is 0. The number of unbranched alkanes of at least 4 members (excludes halogenated alkanes) is 2. The van der Waals surface area contributed by atoms with Crippen molar-refractivity contribution in [2.45, 2.75) is 65.8 Å². The predicted molar refractivity (Wildman–Crippen MR) is 143 cm³/mol. The third-order valence-corrected chi connectivity index (χ3v) is 5.61. The second kappa shape index (κ2) is 11.7. The van der Waals surface area contributed by atoms with Crippen molar-refractivity contribution < 1.29 is 0 Å². The standard InChI is InChI=1S/C29H41N3/c1-21(11-9-8-10-18-31-22(2)19-29(5,6)7)12-17-28-23(3)27(20-32-28)26-15-13-25(14-16-26)24(4)30/h12-17,20,28,31H,1-2,4,8-11,18-19,30H2,3,5-7H3/b17-12-. The number of hydrogen-bond donors (Lipinski definition) is 2. The lowest BCUT2D eigenvalue weighted by Gasteiger charge is -2.20. The maximum absolute atomic E-state index is 5.77. The van der Waals surface area contributed by atoms with Crippen molar-refractivity contribution in [3.63, 3.8) is 0 Å². The highest BCUT2D eigenvalue weighted by molar-refractivity contribution is 6.13. The van der Waals surface area contributed by atoms with Crippen LogP contribution in [-0.4, -0.2) is 18.8 Å². The van der Waals surface area contributed by atoms with Crippen LogP contribution in [0.4, 0.5) is 0 Å². The van der Waals surface area contributed by atoms with E-state index in [1.165, 1.54) is 17.6 Å². The van der Waals surface area contributed by atoms with E-state index in [0.29, 0.717) is 5.70 Å². The first-order valence-corrected chi connectivity index (χ1v) is 11.6. The van der Waals surface area contributed by atoms with Gasteiger partial charge in [0.1, 0.15) is 0 Å². The first-order chi connectivity index (χ1) is 15.1. The molecule has 3 N–H and O–H groups in total. The van der Waals surface area contributed by atoms with Crippen molar-refractivity contribution in [3.8, 4) is 0 Å². The first-order valence-electron chi connectivity index (χ1n) is 11.6. The summed E-state index contributed by atoms with van der Waals surface area (Å²) >= 11 is 0. The molecule has 172 valence electrons. The summed E-state index contributed by atoms with van der Waals surface area (Å²) in [5.74, 6) is 0. The Bertz CT molecular complexity index is 905. The van der Waals surface area contributed by atoms with E-state index in [1.54, 1.807) is 0 Å². The molecule has 0 aliphatic carbocycles. The Morgan fingerprint density at radius 3 is 2.41 bits per heavy atom. The van der Waals surface area contributed by atoms with E-state index in [1.807, 2.05) is 18.3 Å². The van der Waals surface area contributed by atoms with Gasteiger partial charge in [-0.05, 0) is 54.7 Å². The van der Waals surface area contributed by atoms with Gasteiger partial charge in [-0.1, -0.05) is 88.9 Å². The van der Waals surface area contributed by atoms with Gasteiger partial charge in [-0.25, -0.2) is 0 Å². The van der Waals surface area contributed by atoms with Gasteiger partial charge in [0.2, 0.25) is 0 Å². The Morgan fingerprint density at radius 1 is 1.09 bits per heavy atom. The fraction of sp³-hybridized carbons (Fsp3) is 0.414. The van der Waals surface area contributed by atoms with E-state index in [2.05, 4.69) is 82.0 Å². The number of hydrogen-bond acceptors (Lipinski definition) is 3. The molecule has 0 radical (unpaired) electrons. The van der Waals surface area contributed by atoms with Crippen molar-refractivity contribution in [3.05, 3.63) is 84.1 Å². The van der Waals surface area contributed by atoms with E-state index in [-0.39, 0.29) is 11.5 Å². The van der Waals surface area contributed by atoms with Crippen LogP contribution < -0.4 is 11.1 Å². The van der Waals surface area contributed by atoms with Crippen LogP contribution in [0.15, 0.2) is 78.0 Å². The molecule has 0 amide bonds. The van der Waals surface area contributed by atoms with Gasteiger partial charge >= 0.3 is 0 Å². The Hall–Kier alpha value is -2.81. The SMILES string of the molecule is C=C(/C=C\C1N=CC(c2ccc(C(=C)N)cc2)=C1C)CCCCCNC(=C)CC(C)(C)C. The quantitative estimate of drug-likeness (QED) is 0.275. The van der Waals surface area contributed by atoms with Gasteiger partial charge in [0.05, 0.1) is 6.04 Å². The molecule has 0 bridgehead atoms. The Labute approximate surface area is 195 Å². The van der Waals surface area contributed by atoms with Gasteiger partial charge in [-0.3, -0.25) is 4.99 Å². The average Bonchev–Trinajstić information content (AvgIpc) is 3.08. The smallest absolute Gasteiger partial charge is 0.0900 e. The number of nitrogens with one attached hydrogen (secondary N) is 1. The van der Waals surface area contributed by atoms with E-state index in [4.69, 9.17) is 5.73 Å². The van der Waals surface area contributed by atoms with Crippen LogP contribution in [0.2, 0.25) is 0 Å². The third kappa shape index (κ3) is 8.37. The highest BCUT2D eigenvalue weighted by Gasteiger charge is 2.17. The Kier molecular flexibility index (Phi) is 9.31. The van der Waals surface area contributed by atoms with Crippen molar-refractivity contribution in [1.82, 2.24) is 5.32 Å². The van der Waals surface area contributed by atoms with Crippen LogP contribution >= 0.6 is 0 Å². The van der Waals surface area contributed by atoms with Gasteiger partial charge in [-0.2, -0.15) is 0 Å². The molecule has 0 saturated carbocycles. The number of aliphatic imine (C=N–C) groups is 1. The summed E-state index contributed by atoms with van der Waals surface area (Å²) in [5, 5.41) is 3.46. The van der Waals surface area contributed by atoms with Gasteiger partial charge in [0.25, 0.3) is 0 Å². The maximum Gasteiger partial charge on any atom is 0.0900 e. The van der Waals surface area contributed by atoms with Crippen LogP contribution in [-0.2, 0) is 0 Å². The van der Waals surface area contributed by atoms with Crippen LogP contribution in [0.1, 0.15) is 70.9 Å². The normalized spacial score (nSPS) is 16.1. The number of allylic oxidation sites excluding steroid dienone is 4. The van der Waals surface area contributed by atoms with Gasteiger partial charge in [0, 0.05) is 29.7 Å². The van der Waals surface area contributed by atoms with Crippen LogP contribution in [0, 0.1) is 5.41 Å². The van der Waals surface area contributed by atoms with Crippen molar-refractivity contribution in [2.24, 2.45) is 16.1 Å². The summed E-state index contributed by atoms with van der Waals surface area (Å²) in [5.41, 5.74) is 13.5. The molecular formula is C29H41N3.